The largest absolute Gasteiger partial charge is 0.214 e. The van der Waals surface area contributed by atoms with E-state index in [1.54, 1.807) is 0 Å². The summed E-state index contributed by atoms with van der Waals surface area (Å²) >= 11 is 3.26. The van der Waals surface area contributed by atoms with Crippen LogP contribution in [0, 0.1) is 5.41 Å². The van der Waals surface area contributed by atoms with Crippen molar-refractivity contribution in [2.24, 2.45) is 5.41 Å². The first-order chi connectivity index (χ1) is 6.23. The summed E-state index contributed by atoms with van der Waals surface area (Å²) in [6.07, 6.45) is 0. The lowest BCUT2D eigenvalue weighted by atomic mass is 10.0. The average Bonchev–Trinajstić information content (AvgIpc) is 1.94. The molecular weight excluding hydrogens is 266 g/mol. The van der Waals surface area contributed by atoms with Gasteiger partial charge in [-0.1, -0.05) is 43.6 Å². The van der Waals surface area contributed by atoms with Gasteiger partial charge >= 0.3 is 0 Å². The molecule has 0 aromatic rings. The van der Waals surface area contributed by atoms with Crippen LogP contribution in [-0.4, -0.2) is 36.9 Å². The molecule has 0 aliphatic carbocycles. The minimum absolute atomic E-state index is 0.182. The minimum Gasteiger partial charge on any atom is -0.212 e. The average molecular weight is 286 g/mol. The Morgan fingerprint density at radius 3 is 2.07 bits per heavy atom. The lowest BCUT2D eigenvalue weighted by Crippen LogP contribution is -2.37. The van der Waals surface area contributed by atoms with Gasteiger partial charge in [-0.3, -0.25) is 0 Å². The van der Waals surface area contributed by atoms with Crippen molar-refractivity contribution < 1.29 is 8.42 Å². The zero-order chi connectivity index (χ0) is 11.4. The van der Waals surface area contributed by atoms with E-state index in [0.29, 0.717) is 18.4 Å². The van der Waals surface area contributed by atoms with E-state index in [2.05, 4.69) is 15.9 Å². The Labute approximate surface area is 96.0 Å². The summed E-state index contributed by atoms with van der Waals surface area (Å²) < 4.78 is 25.3. The lowest BCUT2D eigenvalue weighted by Gasteiger charge is -2.25. The first-order valence-electron chi connectivity index (χ1n) is 4.76. The number of alkyl halides is 1. The summed E-state index contributed by atoms with van der Waals surface area (Å²) in [4.78, 5) is 0. The van der Waals surface area contributed by atoms with Gasteiger partial charge in [0.15, 0.2) is 0 Å². The maximum atomic E-state index is 11.9. The molecular formula is C9H20BrNO2S. The summed E-state index contributed by atoms with van der Waals surface area (Å²) in [6.45, 7) is 8.77. The van der Waals surface area contributed by atoms with Crippen LogP contribution < -0.4 is 0 Å². The summed E-state index contributed by atoms with van der Waals surface area (Å²) in [5, 5.41) is 0.685. The zero-order valence-corrected chi connectivity index (χ0v) is 11.8. The van der Waals surface area contributed by atoms with Crippen molar-refractivity contribution in [2.45, 2.75) is 27.7 Å². The molecule has 14 heavy (non-hydrogen) atoms. The minimum atomic E-state index is -3.09. The highest BCUT2D eigenvalue weighted by atomic mass is 79.9. The van der Waals surface area contributed by atoms with Gasteiger partial charge in [0.1, 0.15) is 0 Å². The Morgan fingerprint density at radius 1 is 1.29 bits per heavy atom. The predicted molar refractivity (Wildman–Crippen MR) is 64.3 cm³/mol. The third-order valence-corrected chi connectivity index (χ3v) is 4.51. The number of sulfonamides is 1. The number of halogens is 1. The van der Waals surface area contributed by atoms with E-state index in [0.717, 1.165) is 0 Å². The zero-order valence-electron chi connectivity index (χ0n) is 9.38. The van der Waals surface area contributed by atoms with E-state index in [4.69, 9.17) is 0 Å². The monoisotopic (exact) mass is 285 g/mol. The SMILES string of the molecule is CCN(CCBr)S(=O)(=O)CC(C)(C)C. The van der Waals surface area contributed by atoms with Gasteiger partial charge in [0.25, 0.3) is 0 Å². The Bertz CT molecular complexity index is 256. The molecule has 0 spiro atoms. The van der Waals surface area contributed by atoms with Crippen molar-refractivity contribution in [1.29, 1.82) is 0 Å². The smallest absolute Gasteiger partial charge is 0.212 e. The van der Waals surface area contributed by atoms with Crippen molar-refractivity contribution in [3.63, 3.8) is 0 Å². The number of nitrogens with zero attached hydrogens (tertiary/aromatic N) is 1. The first-order valence-corrected chi connectivity index (χ1v) is 7.50. The van der Waals surface area contributed by atoms with Gasteiger partial charge in [-0.2, -0.15) is 0 Å². The van der Waals surface area contributed by atoms with E-state index in [1.165, 1.54) is 4.31 Å². The molecule has 0 aromatic heterocycles. The Hall–Kier alpha value is 0.390. The Kier molecular flexibility index (Phi) is 5.62. The maximum Gasteiger partial charge on any atom is 0.214 e. The van der Waals surface area contributed by atoms with Crippen LogP contribution in [0.1, 0.15) is 27.7 Å². The van der Waals surface area contributed by atoms with Crippen molar-refractivity contribution in [3.8, 4) is 0 Å². The molecule has 0 N–H and O–H groups in total. The molecule has 3 nitrogen and oxygen atoms in total. The molecule has 5 heteroatoms. The van der Waals surface area contributed by atoms with E-state index in [1.807, 2.05) is 27.7 Å². The van der Waals surface area contributed by atoms with Crippen molar-refractivity contribution in [3.05, 3.63) is 0 Å². The van der Waals surface area contributed by atoms with E-state index in [-0.39, 0.29) is 11.2 Å². The van der Waals surface area contributed by atoms with Crippen LogP contribution in [0.5, 0.6) is 0 Å². The van der Waals surface area contributed by atoms with Crippen LogP contribution in [-0.2, 0) is 10.0 Å². The van der Waals surface area contributed by atoms with E-state index < -0.39 is 10.0 Å². The van der Waals surface area contributed by atoms with Gasteiger partial charge in [-0.15, -0.1) is 0 Å². The van der Waals surface area contributed by atoms with Crippen LogP contribution >= 0.6 is 15.9 Å². The molecule has 0 fully saturated rings. The second kappa shape index (κ2) is 5.47. The molecule has 0 radical (unpaired) electrons. The van der Waals surface area contributed by atoms with E-state index in [9.17, 15) is 8.42 Å². The molecule has 0 aliphatic rings. The van der Waals surface area contributed by atoms with Gasteiger partial charge < -0.3 is 0 Å². The van der Waals surface area contributed by atoms with Gasteiger partial charge in [0.05, 0.1) is 5.75 Å². The molecule has 0 saturated heterocycles. The van der Waals surface area contributed by atoms with Crippen LogP contribution in [0.2, 0.25) is 0 Å². The molecule has 0 bridgehead atoms. The first kappa shape index (κ1) is 14.4. The molecule has 0 aliphatic heterocycles. The van der Waals surface area contributed by atoms with Crippen molar-refractivity contribution in [2.75, 3.05) is 24.2 Å². The summed E-state index contributed by atoms with van der Waals surface area (Å²) in [6, 6.07) is 0. The van der Waals surface area contributed by atoms with Crippen LogP contribution in [0.25, 0.3) is 0 Å². The molecule has 0 saturated carbocycles. The quantitative estimate of drug-likeness (QED) is 0.726. The molecule has 0 amide bonds. The highest BCUT2D eigenvalue weighted by molar-refractivity contribution is 9.09. The standard InChI is InChI=1S/C9H20BrNO2S/c1-5-11(7-6-10)14(12,13)8-9(2,3)4/h5-8H2,1-4H3. The molecule has 0 rings (SSSR count). The van der Waals surface area contributed by atoms with Crippen LogP contribution in [0.3, 0.4) is 0 Å². The number of hydrogen-bond donors (Lipinski definition) is 0. The van der Waals surface area contributed by atoms with Gasteiger partial charge in [-0.05, 0) is 5.41 Å². The van der Waals surface area contributed by atoms with Gasteiger partial charge in [-0.25, -0.2) is 12.7 Å². The lowest BCUT2D eigenvalue weighted by molar-refractivity contribution is 0.411. The summed E-state index contributed by atoms with van der Waals surface area (Å²) in [7, 11) is -3.09. The fourth-order valence-electron chi connectivity index (χ4n) is 1.23. The second-order valence-corrected chi connectivity index (χ2v) is 7.26. The third kappa shape index (κ3) is 5.32. The summed E-state index contributed by atoms with van der Waals surface area (Å²) in [5.41, 5.74) is -0.182. The molecule has 0 atom stereocenters. The highest BCUT2D eigenvalue weighted by Crippen LogP contribution is 2.18. The molecule has 0 heterocycles. The summed E-state index contributed by atoms with van der Waals surface area (Å²) in [5.74, 6) is 0.209. The maximum absolute atomic E-state index is 11.9. The Morgan fingerprint density at radius 2 is 1.79 bits per heavy atom. The van der Waals surface area contributed by atoms with Crippen LogP contribution in [0.15, 0.2) is 0 Å². The molecule has 0 unspecified atom stereocenters. The highest BCUT2D eigenvalue weighted by Gasteiger charge is 2.26. The topological polar surface area (TPSA) is 37.4 Å². The van der Waals surface area contributed by atoms with Crippen molar-refractivity contribution >= 4 is 26.0 Å². The van der Waals surface area contributed by atoms with Crippen LogP contribution in [0.4, 0.5) is 0 Å². The predicted octanol–water partition coefficient (Wildman–Crippen LogP) is 2.08. The number of hydrogen-bond acceptors (Lipinski definition) is 2. The number of rotatable bonds is 5. The fourth-order valence-corrected chi connectivity index (χ4v) is 3.93. The molecule has 0 aromatic carbocycles. The normalized spacial score (nSPS) is 13.6. The van der Waals surface area contributed by atoms with E-state index >= 15 is 0 Å². The van der Waals surface area contributed by atoms with Crippen molar-refractivity contribution in [1.82, 2.24) is 4.31 Å². The van der Waals surface area contributed by atoms with Gasteiger partial charge in [0.2, 0.25) is 10.0 Å². The fraction of sp³-hybridized carbons (Fsp3) is 1.00. The molecule has 86 valence electrons. The van der Waals surface area contributed by atoms with Gasteiger partial charge in [0, 0.05) is 18.4 Å². The second-order valence-electron chi connectivity index (χ2n) is 4.50. The Balaban J connectivity index is 4.59. The third-order valence-electron chi connectivity index (χ3n) is 1.70.